The van der Waals surface area contributed by atoms with E-state index in [1.165, 1.54) is 6.26 Å². The van der Waals surface area contributed by atoms with E-state index in [9.17, 15) is 13.2 Å². The van der Waals surface area contributed by atoms with E-state index in [1.54, 1.807) is 41.5 Å². The first-order chi connectivity index (χ1) is 12.6. The normalized spacial score (nSPS) is 23.0. The molecule has 4 heterocycles. The number of furan rings is 2. The second kappa shape index (κ2) is 5.35. The Morgan fingerprint density at radius 3 is 2.58 bits per heavy atom. The van der Waals surface area contributed by atoms with E-state index in [-0.39, 0.29) is 24.1 Å². The summed E-state index contributed by atoms with van der Waals surface area (Å²) < 4.78 is 36.5. The maximum atomic E-state index is 12.9. The highest BCUT2D eigenvalue weighted by Crippen LogP contribution is 2.46. The van der Waals surface area contributed by atoms with Gasteiger partial charge < -0.3 is 13.7 Å². The summed E-state index contributed by atoms with van der Waals surface area (Å²) in [5.74, 6) is 0.411. The third kappa shape index (κ3) is 2.10. The highest BCUT2D eigenvalue weighted by molar-refractivity contribution is 7.92. The van der Waals surface area contributed by atoms with Crippen molar-refractivity contribution in [1.29, 1.82) is 0 Å². The van der Waals surface area contributed by atoms with Crippen LogP contribution in [-0.4, -0.2) is 37.6 Å². The van der Waals surface area contributed by atoms with Crippen LogP contribution in [0.25, 0.3) is 11.3 Å². The molecular formula is C19H15NO5S. The van der Waals surface area contributed by atoms with Crippen molar-refractivity contribution in [2.75, 3.05) is 13.1 Å². The minimum absolute atomic E-state index is 0.178. The first-order valence-electron chi connectivity index (χ1n) is 8.30. The van der Waals surface area contributed by atoms with E-state index in [0.29, 0.717) is 17.2 Å². The van der Waals surface area contributed by atoms with Crippen molar-refractivity contribution >= 4 is 15.7 Å². The molecule has 0 bridgehead atoms. The molecule has 132 valence electrons. The summed E-state index contributed by atoms with van der Waals surface area (Å²) in [5, 5.41) is -0.608. The number of sulfone groups is 1. The molecule has 7 heteroatoms. The summed E-state index contributed by atoms with van der Waals surface area (Å²) in [6.07, 6.45) is 3.02. The van der Waals surface area contributed by atoms with Gasteiger partial charge in [-0.2, -0.15) is 0 Å². The largest absolute Gasteiger partial charge is 0.464 e. The summed E-state index contributed by atoms with van der Waals surface area (Å²) in [6, 6.07) is 12.2. The maximum absolute atomic E-state index is 12.9. The van der Waals surface area contributed by atoms with Crippen molar-refractivity contribution in [3.63, 3.8) is 0 Å². The lowest BCUT2D eigenvalue weighted by molar-refractivity contribution is 0.0759. The van der Waals surface area contributed by atoms with Crippen LogP contribution in [0.4, 0.5) is 0 Å². The highest BCUT2D eigenvalue weighted by Gasteiger charge is 2.51. The van der Waals surface area contributed by atoms with Gasteiger partial charge in [0.15, 0.2) is 15.6 Å². The highest BCUT2D eigenvalue weighted by atomic mass is 32.2. The Labute approximate surface area is 149 Å². The third-order valence-corrected chi connectivity index (χ3v) is 7.46. The fourth-order valence-electron chi connectivity index (χ4n) is 3.97. The van der Waals surface area contributed by atoms with Gasteiger partial charge in [0.25, 0.3) is 5.91 Å². The number of hydrogen-bond acceptors (Lipinski definition) is 5. The molecule has 6 nitrogen and oxygen atoms in total. The van der Waals surface area contributed by atoms with Crippen LogP contribution in [0.15, 0.2) is 68.7 Å². The van der Waals surface area contributed by atoms with Gasteiger partial charge in [0.2, 0.25) is 0 Å². The topological polar surface area (TPSA) is 80.7 Å². The van der Waals surface area contributed by atoms with E-state index in [4.69, 9.17) is 8.83 Å². The smallest absolute Gasteiger partial charge is 0.289 e. The van der Waals surface area contributed by atoms with E-state index in [1.807, 2.05) is 12.1 Å². The predicted molar refractivity (Wildman–Crippen MR) is 92.5 cm³/mol. The molecule has 0 saturated carbocycles. The Morgan fingerprint density at radius 2 is 1.85 bits per heavy atom. The maximum Gasteiger partial charge on any atom is 0.289 e. The van der Waals surface area contributed by atoms with Gasteiger partial charge in [-0.3, -0.25) is 4.79 Å². The van der Waals surface area contributed by atoms with Crippen molar-refractivity contribution in [2.24, 2.45) is 0 Å². The molecule has 26 heavy (non-hydrogen) atoms. The minimum atomic E-state index is -3.46. The third-order valence-electron chi connectivity index (χ3n) is 5.21. The van der Waals surface area contributed by atoms with Crippen molar-refractivity contribution < 1.29 is 22.0 Å². The number of benzene rings is 1. The van der Waals surface area contributed by atoms with E-state index < -0.39 is 15.1 Å². The second-order valence-electron chi connectivity index (χ2n) is 6.61. The zero-order valence-corrected chi connectivity index (χ0v) is 14.5. The Kier molecular flexibility index (Phi) is 3.18. The predicted octanol–water partition coefficient (Wildman–Crippen LogP) is 2.94. The molecule has 1 fully saturated rings. The van der Waals surface area contributed by atoms with Crippen molar-refractivity contribution in [3.8, 4) is 11.3 Å². The molecule has 1 aromatic carbocycles. The van der Waals surface area contributed by atoms with Crippen molar-refractivity contribution in [2.45, 2.75) is 16.1 Å². The second-order valence-corrected chi connectivity index (χ2v) is 8.74. The molecule has 3 aromatic rings. The molecule has 2 aliphatic rings. The van der Waals surface area contributed by atoms with Crippen LogP contribution < -0.4 is 0 Å². The summed E-state index contributed by atoms with van der Waals surface area (Å²) in [4.78, 5) is 14.5. The van der Waals surface area contributed by atoms with Crippen LogP contribution in [0.3, 0.4) is 0 Å². The lowest BCUT2D eigenvalue weighted by Crippen LogP contribution is -2.31. The minimum Gasteiger partial charge on any atom is -0.464 e. The number of nitrogens with zero attached hydrogens (tertiary/aromatic N) is 1. The molecule has 0 aliphatic carbocycles. The number of rotatable bonds is 2. The van der Waals surface area contributed by atoms with E-state index >= 15 is 0 Å². The van der Waals surface area contributed by atoms with Gasteiger partial charge in [0, 0.05) is 24.6 Å². The lowest BCUT2D eigenvalue weighted by atomic mass is 9.96. The van der Waals surface area contributed by atoms with Crippen molar-refractivity contribution in [3.05, 3.63) is 66.3 Å². The quantitative estimate of drug-likeness (QED) is 0.694. The van der Waals surface area contributed by atoms with Gasteiger partial charge in [0.1, 0.15) is 5.76 Å². The first-order valence-corrected chi connectivity index (χ1v) is 9.85. The van der Waals surface area contributed by atoms with Crippen LogP contribution in [0.2, 0.25) is 0 Å². The Balaban J connectivity index is 1.54. The van der Waals surface area contributed by atoms with Gasteiger partial charge in [-0.15, -0.1) is 0 Å². The van der Waals surface area contributed by atoms with Gasteiger partial charge in [-0.1, -0.05) is 0 Å². The monoisotopic (exact) mass is 369 g/mol. The molecule has 2 atom stereocenters. The number of hydrogen-bond donors (Lipinski definition) is 0. The molecule has 0 N–H and O–H groups in total. The average molecular weight is 369 g/mol. The Bertz CT molecular complexity index is 1080. The summed E-state index contributed by atoms with van der Waals surface area (Å²) in [5.41, 5.74) is 1.60. The number of likely N-dealkylation sites (tertiary alicyclic amines) is 1. The summed E-state index contributed by atoms with van der Waals surface area (Å²) in [6.45, 7) is 0.537. The first kappa shape index (κ1) is 15.5. The number of carbonyl (C=O) groups excluding carboxylic acids is 1. The van der Waals surface area contributed by atoms with E-state index in [2.05, 4.69) is 0 Å². The van der Waals surface area contributed by atoms with Crippen molar-refractivity contribution in [1.82, 2.24) is 4.90 Å². The average Bonchev–Trinajstić information content (AvgIpc) is 3.43. The fraction of sp³-hybridized carbons (Fsp3) is 0.211. The van der Waals surface area contributed by atoms with Crippen LogP contribution in [0, 0.1) is 0 Å². The van der Waals surface area contributed by atoms with Crippen LogP contribution in [0.1, 0.15) is 22.0 Å². The van der Waals surface area contributed by atoms with Gasteiger partial charge in [0.05, 0.1) is 22.7 Å². The standard InChI is InChI=1S/C19H15NO5S/c21-19(16-4-2-8-25-16)20-10-14-13-9-12(15-3-1-7-24-15)5-6-17(13)26(22,23)18(14)11-20/h1-9,14,18H,10-11H2/t14-,18+/m0/s1. The number of fused-ring (bicyclic) bond motifs is 3. The van der Waals surface area contributed by atoms with E-state index in [0.717, 1.165) is 11.1 Å². The summed E-state index contributed by atoms with van der Waals surface area (Å²) in [7, 11) is -3.46. The number of amides is 1. The molecule has 1 amide bonds. The van der Waals surface area contributed by atoms with Gasteiger partial charge in [-0.25, -0.2) is 8.42 Å². The van der Waals surface area contributed by atoms with Crippen LogP contribution in [0.5, 0.6) is 0 Å². The molecule has 2 aliphatic heterocycles. The molecule has 2 aromatic heterocycles. The lowest BCUT2D eigenvalue weighted by Gasteiger charge is -2.16. The zero-order valence-electron chi connectivity index (χ0n) is 13.7. The van der Waals surface area contributed by atoms with Crippen LogP contribution >= 0.6 is 0 Å². The molecule has 1 saturated heterocycles. The molecule has 5 rings (SSSR count). The van der Waals surface area contributed by atoms with Gasteiger partial charge >= 0.3 is 0 Å². The molecule has 0 spiro atoms. The fourth-order valence-corrected chi connectivity index (χ4v) is 6.13. The molecule has 0 radical (unpaired) electrons. The Morgan fingerprint density at radius 1 is 1.04 bits per heavy atom. The Hall–Kier alpha value is -2.80. The van der Waals surface area contributed by atoms with Gasteiger partial charge in [-0.05, 0) is 48.0 Å². The number of carbonyl (C=O) groups is 1. The zero-order chi connectivity index (χ0) is 17.9. The SMILES string of the molecule is O=C(c1ccco1)N1C[C@@H]2[C@@H](C1)c1cc(-c3ccco3)ccc1S2(=O)=O. The summed E-state index contributed by atoms with van der Waals surface area (Å²) >= 11 is 0. The molecular weight excluding hydrogens is 354 g/mol. The van der Waals surface area contributed by atoms with Crippen LogP contribution in [-0.2, 0) is 9.84 Å². The molecule has 0 unspecified atom stereocenters.